The molecule has 31 heavy (non-hydrogen) atoms. The van der Waals surface area contributed by atoms with Crippen LogP contribution < -0.4 is 5.73 Å². The number of methoxy groups -OCH3 is 1. The molecule has 4 unspecified atom stereocenters. The van der Waals surface area contributed by atoms with Gasteiger partial charge in [0, 0.05) is 10.8 Å². The number of aliphatic hydroxyl groups is 4. The molecule has 0 aromatic carbocycles. The van der Waals surface area contributed by atoms with Crippen molar-refractivity contribution in [3.05, 3.63) is 11.8 Å². The first-order chi connectivity index (χ1) is 14.2. The lowest BCUT2D eigenvalue weighted by atomic mass is 9.79. The summed E-state index contributed by atoms with van der Waals surface area (Å²) in [5.41, 5.74) is 3.63. The molecule has 8 heteroatoms. The fraction of sp³-hybridized carbons (Fsp3) is 0.870. The van der Waals surface area contributed by atoms with E-state index in [1.807, 2.05) is 13.8 Å². The van der Waals surface area contributed by atoms with Crippen LogP contribution in [0, 0.1) is 10.8 Å². The minimum atomic E-state index is -1.46. The molecule has 0 fully saturated rings. The molecule has 6 N–H and O–H groups in total. The van der Waals surface area contributed by atoms with Gasteiger partial charge in [0.25, 0.3) is 0 Å². The maximum absolute atomic E-state index is 10.4. The number of nitrogens with two attached hydrogens (primary N) is 1. The average molecular weight is 445 g/mol. The van der Waals surface area contributed by atoms with Crippen molar-refractivity contribution in [1.29, 1.82) is 0 Å². The summed E-state index contributed by atoms with van der Waals surface area (Å²) >= 11 is 0. The number of hydrogen-bond acceptors (Lipinski definition) is 7. The van der Waals surface area contributed by atoms with E-state index < -0.39 is 17.9 Å². The number of hydrogen-bond donors (Lipinski definition) is 5. The van der Waals surface area contributed by atoms with Gasteiger partial charge in [-0.15, -0.1) is 0 Å². The first-order valence-corrected chi connectivity index (χ1v) is 11.2. The van der Waals surface area contributed by atoms with Crippen LogP contribution in [0.2, 0.25) is 0 Å². The van der Waals surface area contributed by atoms with E-state index in [4.69, 9.17) is 15.3 Å². The Morgan fingerprint density at radius 1 is 1.13 bits per heavy atom. The lowest BCUT2D eigenvalue weighted by Gasteiger charge is -2.30. The summed E-state index contributed by atoms with van der Waals surface area (Å²) in [6, 6.07) is 0. The zero-order valence-electron chi connectivity index (χ0n) is 20.1. The first kappa shape index (κ1) is 27.7. The molecule has 1 rings (SSSR count). The normalized spacial score (nSPS) is 21.8. The van der Waals surface area contributed by atoms with Gasteiger partial charge >= 0.3 is 0 Å². The van der Waals surface area contributed by atoms with Gasteiger partial charge in [0.2, 0.25) is 5.90 Å². The molecule has 1 aliphatic heterocycles. The van der Waals surface area contributed by atoms with E-state index in [1.54, 1.807) is 7.11 Å². The third-order valence-electron chi connectivity index (χ3n) is 6.13. The molecular weight excluding hydrogens is 400 g/mol. The third-order valence-corrected chi connectivity index (χ3v) is 6.13. The number of nitrogens with zero attached hydrogens (tertiary/aromatic N) is 1. The smallest absolute Gasteiger partial charge is 0.227 e. The molecule has 0 spiro atoms. The van der Waals surface area contributed by atoms with E-state index in [-0.39, 0.29) is 22.8 Å². The van der Waals surface area contributed by atoms with Gasteiger partial charge in [-0.25, -0.2) is 0 Å². The van der Waals surface area contributed by atoms with E-state index in [0.717, 1.165) is 12.8 Å². The van der Waals surface area contributed by atoms with Crippen LogP contribution in [0.3, 0.4) is 0 Å². The Kier molecular flexibility index (Phi) is 10.3. The van der Waals surface area contributed by atoms with Crippen LogP contribution in [0.4, 0.5) is 0 Å². The minimum absolute atomic E-state index is 0.0253. The molecule has 0 aromatic heterocycles. The van der Waals surface area contributed by atoms with Crippen molar-refractivity contribution in [2.75, 3.05) is 7.11 Å². The molecular formula is C23H44N2O6. The van der Waals surface area contributed by atoms with Crippen molar-refractivity contribution in [1.82, 2.24) is 0 Å². The van der Waals surface area contributed by atoms with E-state index in [9.17, 15) is 20.4 Å². The van der Waals surface area contributed by atoms with Gasteiger partial charge in [-0.1, -0.05) is 32.9 Å². The molecule has 0 saturated heterocycles. The number of oxime groups is 1. The number of aliphatic hydroxyl groups excluding tert-OH is 3. The number of rotatable bonds is 14. The highest BCUT2D eigenvalue weighted by molar-refractivity contribution is 5.74. The van der Waals surface area contributed by atoms with Crippen molar-refractivity contribution in [3.63, 3.8) is 0 Å². The van der Waals surface area contributed by atoms with E-state index in [1.165, 1.54) is 13.0 Å². The third kappa shape index (κ3) is 10.2. The zero-order valence-corrected chi connectivity index (χ0v) is 20.1. The monoisotopic (exact) mass is 444 g/mol. The summed E-state index contributed by atoms with van der Waals surface area (Å²) in [5.74, 6) is 0.618. The van der Waals surface area contributed by atoms with Crippen molar-refractivity contribution in [3.8, 4) is 0 Å². The van der Waals surface area contributed by atoms with Crippen molar-refractivity contribution in [2.24, 2.45) is 21.7 Å². The van der Waals surface area contributed by atoms with Crippen LogP contribution in [-0.4, -0.2) is 57.5 Å². The van der Waals surface area contributed by atoms with Crippen LogP contribution >= 0.6 is 0 Å². The largest absolute Gasteiger partial charge is 0.501 e. The highest BCUT2D eigenvalue weighted by Gasteiger charge is 2.36. The Labute approximate surface area is 187 Å². The average Bonchev–Trinajstić information content (AvgIpc) is 3.09. The summed E-state index contributed by atoms with van der Waals surface area (Å²) in [5, 5.41) is 43.5. The standard InChI is InChI=1S/C23H44N2O6/c1-21(2,18-14-20(28)25-31-18)12-10-16(26)8-7-9-17(27)11-13-22(3,4)19(30-6)15-23(5,24)29/h15-18,26-27,29H,7-14,24H2,1-6H3,(H,25,28)/b19-15-. The molecule has 0 aromatic rings. The maximum atomic E-state index is 10.4. The first-order valence-electron chi connectivity index (χ1n) is 11.2. The Morgan fingerprint density at radius 3 is 2.13 bits per heavy atom. The predicted molar refractivity (Wildman–Crippen MR) is 121 cm³/mol. The second kappa shape index (κ2) is 11.5. The van der Waals surface area contributed by atoms with E-state index in [0.29, 0.717) is 44.3 Å². The summed E-state index contributed by atoms with van der Waals surface area (Å²) in [4.78, 5) is 5.27. The van der Waals surface area contributed by atoms with Crippen molar-refractivity contribution in [2.45, 2.75) is 110 Å². The lowest BCUT2D eigenvalue weighted by molar-refractivity contribution is -0.0123. The van der Waals surface area contributed by atoms with Gasteiger partial charge in [0.1, 0.15) is 17.6 Å². The molecule has 4 atom stereocenters. The molecule has 0 saturated carbocycles. The van der Waals surface area contributed by atoms with E-state index in [2.05, 4.69) is 19.0 Å². The summed E-state index contributed by atoms with van der Waals surface area (Å²) < 4.78 is 5.41. The lowest BCUT2D eigenvalue weighted by Crippen LogP contribution is -2.35. The van der Waals surface area contributed by atoms with Gasteiger partial charge in [0.15, 0.2) is 0 Å². The topological polar surface area (TPSA) is 138 Å². The van der Waals surface area contributed by atoms with Gasteiger partial charge < -0.3 is 35.7 Å². The van der Waals surface area contributed by atoms with Crippen molar-refractivity contribution < 1.29 is 30.0 Å². The van der Waals surface area contributed by atoms with Crippen LogP contribution in [0.1, 0.15) is 86.0 Å². The second-order valence-electron chi connectivity index (χ2n) is 10.4. The number of ether oxygens (including phenoxy) is 1. The minimum Gasteiger partial charge on any atom is -0.501 e. The number of allylic oxidation sites excluding steroid dienone is 1. The molecule has 0 amide bonds. The molecule has 1 heterocycles. The Bertz CT molecular complexity index is 610. The molecule has 0 bridgehead atoms. The van der Waals surface area contributed by atoms with Crippen LogP contribution in [0.25, 0.3) is 0 Å². The molecule has 1 aliphatic rings. The van der Waals surface area contributed by atoms with Gasteiger partial charge in [-0.2, -0.15) is 0 Å². The predicted octanol–water partition coefficient (Wildman–Crippen LogP) is 3.35. The highest BCUT2D eigenvalue weighted by atomic mass is 16.7. The van der Waals surface area contributed by atoms with Gasteiger partial charge in [-0.05, 0) is 57.9 Å². The fourth-order valence-corrected chi connectivity index (χ4v) is 3.81. The van der Waals surface area contributed by atoms with Crippen LogP contribution in [0.5, 0.6) is 0 Å². The molecule has 0 aliphatic carbocycles. The van der Waals surface area contributed by atoms with E-state index >= 15 is 0 Å². The SMILES string of the molecule is CO/C(=C\C(C)(N)O)C(C)(C)CCC(O)CCCC(O)CCC(C)(C)C1CC(O)=NO1. The Balaban J connectivity index is 2.33. The molecule has 182 valence electrons. The highest BCUT2D eigenvalue weighted by Crippen LogP contribution is 2.35. The zero-order chi connectivity index (χ0) is 23.9. The Hall–Kier alpha value is -1.35. The van der Waals surface area contributed by atoms with Crippen LogP contribution in [0.15, 0.2) is 17.0 Å². The summed E-state index contributed by atoms with van der Waals surface area (Å²) in [6.45, 7) is 9.58. The second-order valence-corrected chi connectivity index (χ2v) is 10.4. The van der Waals surface area contributed by atoms with Gasteiger partial charge in [0.05, 0.1) is 25.7 Å². The quantitative estimate of drug-likeness (QED) is 0.205. The van der Waals surface area contributed by atoms with Gasteiger partial charge in [-0.3, -0.25) is 0 Å². The molecule has 0 radical (unpaired) electrons. The summed E-state index contributed by atoms with van der Waals surface area (Å²) in [6.07, 6.45) is 5.48. The van der Waals surface area contributed by atoms with Crippen LogP contribution in [-0.2, 0) is 9.57 Å². The Morgan fingerprint density at radius 2 is 1.68 bits per heavy atom. The maximum Gasteiger partial charge on any atom is 0.227 e. The summed E-state index contributed by atoms with van der Waals surface area (Å²) in [7, 11) is 1.55. The fourth-order valence-electron chi connectivity index (χ4n) is 3.81. The van der Waals surface area contributed by atoms with Crippen molar-refractivity contribution >= 4 is 5.90 Å². The molecule has 8 nitrogen and oxygen atoms in total.